The Balaban J connectivity index is 1.97. The van der Waals surface area contributed by atoms with Gasteiger partial charge in [-0.25, -0.2) is 4.79 Å². The molecule has 1 heterocycles. The first kappa shape index (κ1) is 18.9. The first-order valence-electron chi connectivity index (χ1n) is 8.03. The number of ether oxygens (including phenoxy) is 2. The fraction of sp³-hybridized carbons (Fsp3) is 0.562. The van der Waals surface area contributed by atoms with Gasteiger partial charge in [0.15, 0.2) is 0 Å². The molecule has 0 aromatic heterocycles. The monoisotopic (exact) mass is 352 g/mol. The summed E-state index contributed by atoms with van der Waals surface area (Å²) >= 11 is 0. The summed E-state index contributed by atoms with van der Waals surface area (Å²) in [7, 11) is 1.42. The van der Waals surface area contributed by atoms with Crippen LogP contribution >= 0.6 is 0 Å². The fourth-order valence-electron chi connectivity index (χ4n) is 2.64. The van der Waals surface area contributed by atoms with Crippen molar-refractivity contribution < 1.29 is 19.2 Å². The van der Waals surface area contributed by atoms with Gasteiger partial charge in [-0.2, -0.15) is 0 Å². The van der Waals surface area contributed by atoms with Gasteiger partial charge < -0.3 is 20.1 Å². The third-order valence-corrected chi connectivity index (χ3v) is 4.20. The van der Waals surface area contributed by atoms with Crippen LogP contribution in [0.5, 0.6) is 5.75 Å². The van der Waals surface area contributed by atoms with Crippen molar-refractivity contribution in [1.82, 2.24) is 10.2 Å². The summed E-state index contributed by atoms with van der Waals surface area (Å²) in [6.45, 7) is 7.44. The van der Waals surface area contributed by atoms with E-state index in [-0.39, 0.29) is 16.9 Å². The minimum atomic E-state index is -0.560. The van der Waals surface area contributed by atoms with Crippen LogP contribution in [0, 0.1) is 10.1 Å². The summed E-state index contributed by atoms with van der Waals surface area (Å²) in [6, 6.07) is 3.78. The van der Waals surface area contributed by atoms with Crippen LogP contribution in [0.1, 0.15) is 13.8 Å². The van der Waals surface area contributed by atoms with Crippen LogP contribution in [0.4, 0.5) is 16.2 Å². The molecule has 0 bridgehead atoms. The third-order valence-electron chi connectivity index (χ3n) is 4.20. The zero-order valence-electron chi connectivity index (χ0n) is 14.7. The summed E-state index contributed by atoms with van der Waals surface area (Å²) in [4.78, 5) is 25.0. The minimum absolute atomic E-state index is 0.118. The summed E-state index contributed by atoms with van der Waals surface area (Å²) in [5, 5.41) is 16.5. The van der Waals surface area contributed by atoms with Crippen LogP contribution in [0.25, 0.3) is 0 Å². The van der Waals surface area contributed by atoms with Crippen molar-refractivity contribution in [3.63, 3.8) is 0 Å². The molecule has 2 rings (SSSR count). The Labute approximate surface area is 146 Å². The van der Waals surface area contributed by atoms with Crippen molar-refractivity contribution in [2.45, 2.75) is 19.4 Å². The van der Waals surface area contributed by atoms with Gasteiger partial charge in [0.1, 0.15) is 11.4 Å². The number of benzene rings is 1. The Kier molecular flexibility index (Phi) is 6.16. The number of rotatable bonds is 6. The van der Waals surface area contributed by atoms with Gasteiger partial charge >= 0.3 is 6.03 Å². The maximum Gasteiger partial charge on any atom is 0.319 e. The second kappa shape index (κ2) is 8.13. The van der Waals surface area contributed by atoms with Crippen molar-refractivity contribution in [2.24, 2.45) is 0 Å². The largest absolute Gasteiger partial charge is 0.496 e. The molecule has 1 aliphatic rings. The Morgan fingerprint density at radius 1 is 1.40 bits per heavy atom. The molecule has 2 amide bonds. The quantitative estimate of drug-likeness (QED) is 0.598. The highest BCUT2D eigenvalue weighted by atomic mass is 16.6. The average Bonchev–Trinajstić information content (AvgIpc) is 2.61. The second-order valence-electron chi connectivity index (χ2n) is 6.36. The van der Waals surface area contributed by atoms with Gasteiger partial charge in [-0.1, -0.05) is 0 Å². The number of carbonyl (C=O) groups is 1. The van der Waals surface area contributed by atoms with Crippen LogP contribution in [0.3, 0.4) is 0 Å². The van der Waals surface area contributed by atoms with E-state index in [1.165, 1.54) is 19.2 Å². The van der Waals surface area contributed by atoms with Gasteiger partial charge in [0, 0.05) is 25.2 Å². The highest BCUT2D eigenvalue weighted by molar-refractivity contribution is 5.92. The molecule has 0 aliphatic carbocycles. The van der Waals surface area contributed by atoms with E-state index in [0.717, 1.165) is 13.1 Å². The number of urea groups is 1. The molecular weight excluding hydrogens is 328 g/mol. The molecular formula is C16H24N4O5. The zero-order valence-corrected chi connectivity index (χ0v) is 14.7. The van der Waals surface area contributed by atoms with Gasteiger partial charge in [-0.3, -0.25) is 15.0 Å². The molecule has 0 radical (unpaired) electrons. The molecule has 1 aromatic carbocycles. The third kappa shape index (κ3) is 5.04. The van der Waals surface area contributed by atoms with E-state index >= 15 is 0 Å². The molecule has 9 nitrogen and oxygen atoms in total. The van der Waals surface area contributed by atoms with E-state index in [4.69, 9.17) is 9.47 Å². The van der Waals surface area contributed by atoms with E-state index in [1.54, 1.807) is 6.07 Å². The number of amides is 2. The van der Waals surface area contributed by atoms with Crippen LogP contribution in [0.15, 0.2) is 18.2 Å². The molecule has 1 saturated heterocycles. The highest BCUT2D eigenvalue weighted by Crippen LogP contribution is 2.28. The molecule has 1 aliphatic heterocycles. The van der Waals surface area contributed by atoms with Gasteiger partial charge in [0.25, 0.3) is 5.69 Å². The number of methoxy groups -OCH3 is 1. The SMILES string of the molecule is COc1ccc(NC(=O)NCC(C)(C)N2CCOCC2)c([N+](=O)[O-])c1. The predicted molar refractivity (Wildman–Crippen MR) is 93.1 cm³/mol. The van der Waals surface area contributed by atoms with Crippen LogP contribution in [0.2, 0.25) is 0 Å². The number of carbonyl (C=O) groups excluding carboxylic acids is 1. The standard InChI is InChI=1S/C16H24N4O5/c1-16(2,19-6-8-25-9-7-19)11-17-15(21)18-13-5-4-12(24-3)10-14(13)20(22)23/h4-5,10H,6-9,11H2,1-3H3,(H2,17,18,21). The van der Waals surface area contributed by atoms with Crippen molar-refractivity contribution in [3.05, 3.63) is 28.3 Å². The number of nitro groups is 1. The molecule has 9 heteroatoms. The molecule has 0 atom stereocenters. The summed E-state index contributed by atoms with van der Waals surface area (Å²) < 4.78 is 10.3. The number of hydrogen-bond acceptors (Lipinski definition) is 6. The number of nitrogens with one attached hydrogen (secondary N) is 2. The summed E-state index contributed by atoms with van der Waals surface area (Å²) in [5.74, 6) is 0.353. The number of morpholine rings is 1. The normalized spacial score (nSPS) is 15.5. The Morgan fingerprint density at radius 2 is 2.08 bits per heavy atom. The fourth-order valence-corrected chi connectivity index (χ4v) is 2.64. The van der Waals surface area contributed by atoms with Gasteiger partial charge in [0.2, 0.25) is 0 Å². The minimum Gasteiger partial charge on any atom is -0.496 e. The van der Waals surface area contributed by atoms with E-state index in [9.17, 15) is 14.9 Å². The maximum absolute atomic E-state index is 12.2. The highest BCUT2D eigenvalue weighted by Gasteiger charge is 2.28. The Bertz CT molecular complexity index is 629. The lowest BCUT2D eigenvalue weighted by Crippen LogP contribution is -2.55. The molecule has 0 spiro atoms. The van der Waals surface area contributed by atoms with Crippen LogP contribution in [-0.4, -0.2) is 61.4 Å². The topological polar surface area (TPSA) is 106 Å². The van der Waals surface area contributed by atoms with Crippen molar-refractivity contribution >= 4 is 17.4 Å². The molecule has 2 N–H and O–H groups in total. The molecule has 138 valence electrons. The summed E-state index contributed by atoms with van der Waals surface area (Å²) in [5.41, 5.74) is -0.345. The predicted octanol–water partition coefficient (Wildman–Crippen LogP) is 1.84. The van der Waals surface area contributed by atoms with Gasteiger partial charge in [-0.05, 0) is 26.0 Å². The second-order valence-corrected chi connectivity index (χ2v) is 6.36. The number of anilines is 1. The van der Waals surface area contributed by atoms with Crippen LogP contribution in [-0.2, 0) is 4.74 Å². The average molecular weight is 352 g/mol. The Hall–Kier alpha value is -2.39. The smallest absolute Gasteiger partial charge is 0.319 e. The lowest BCUT2D eigenvalue weighted by Gasteiger charge is -2.40. The first-order chi connectivity index (χ1) is 11.8. The number of hydrogen-bond donors (Lipinski definition) is 2. The van der Waals surface area contributed by atoms with E-state index < -0.39 is 11.0 Å². The lowest BCUT2D eigenvalue weighted by molar-refractivity contribution is -0.384. The number of nitrogens with zero attached hydrogens (tertiary/aromatic N) is 2. The molecule has 0 saturated carbocycles. The van der Waals surface area contributed by atoms with E-state index in [2.05, 4.69) is 15.5 Å². The summed E-state index contributed by atoms with van der Waals surface area (Å²) in [6.07, 6.45) is 0. The van der Waals surface area contributed by atoms with Gasteiger partial charge in [0.05, 0.1) is 31.3 Å². The van der Waals surface area contributed by atoms with E-state index in [1.807, 2.05) is 13.8 Å². The lowest BCUT2D eigenvalue weighted by atomic mass is 10.0. The maximum atomic E-state index is 12.2. The number of nitro benzene ring substituents is 1. The van der Waals surface area contributed by atoms with Gasteiger partial charge in [-0.15, -0.1) is 0 Å². The Morgan fingerprint density at radius 3 is 2.68 bits per heavy atom. The van der Waals surface area contributed by atoms with Crippen molar-refractivity contribution in [3.8, 4) is 5.75 Å². The zero-order chi connectivity index (χ0) is 18.4. The molecule has 0 unspecified atom stereocenters. The van der Waals surface area contributed by atoms with E-state index in [0.29, 0.717) is 25.5 Å². The van der Waals surface area contributed by atoms with Crippen molar-refractivity contribution in [2.75, 3.05) is 45.3 Å². The first-order valence-corrected chi connectivity index (χ1v) is 8.03. The van der Waals surface area contributed by atoms with Crippen molar-refractivity contribution in [1.29, 1.82) is 0 Å². The van der Waals surface area contributed by atoms with Crippen LogP contribution < -0.4 is 15.4 Å². The molecule has 1 fully saturated rings. The molecule has 1 aromatic rings. The molecule has 25 heavy (non-hydrogen) atoms.